The van der Waals surface area contributed by atoms with Crippen LogP contribution in [0.5, 0.6) is 0 Å². The standard InChI is InChI=1S/C27H32N6OS/c1-4-20-11-9-12-21(5-2)24(20)33-25(22-13-10-16-29-17-22)30-31-26(33)35-18-23(34)32(3)27(19-28)14-7-6-8-15-27/h9-13,16-17H,4-8,14-15,18H2,1-3H3. The molecule has 1 aromatic carbocycles. The van der Waals surface area contributed by atoms with Gasteiger partial charge in [-0.15, -0.1) is 10.2 Å². The minimum atomic E-state index is -0.700. The molecule has 0 N–H and O–H groups in total. The second kappa shape index (κ2) is 11.0. The van der Waals surface area contributed by atoms with Crippen molar-refractivity contribution in [2.45, 2.75) is 69.5 Å². The molecule has 1 aliphatic carbocycles. The van der Waals surface area contributed by atoms with E-state index in [1.165, 1.54) is 22.9 Å². The van der Waals surface area contributed by atoms with E-state index < -0.39 is 5.54 Å². The third kappa shape index (κ3) is 4.96. The average molecular weight is 489 g/mol. The molecular formula is C27H32N6OS. The molecule has 1 amide bonds. The number of para-hydroxylation sites is 1. The molecule has 182 valence electrons. The molecule has 2 aromatic heterocycles. The zero-order valence-corrected chi connectivity index (χ0v) is 21.5. The van der Waals surface area contributed by atoms with Crippen LogP contribution in [0, 0.1) is 11.3 Å². The van der Waals surface area contributed by atoms with Crippen LogP contribution < -0.4 is 0 Å². The van der Waals surface area contributed by atoms with Crippen molar-refractivity contribution < 1.29 is 4.79 Å². The summed E-state index contributed by atoms with van der Waals surface area (Å²) in [4.78, 5) is 19.2. The summed E-state index contributed by atoms with van der Waals surface area (Å²) in [7, 11) is 1.77. The minimum absolute atomic E-state index is 0.0598. The first-order valence-electron chi connectivity index (χ1n) is 12.3. The second-order valence-electron chi connectivity index (χ2n) is 8.96. The van der Waals surface area contributed by atoms with E-state index in [4.69, 9.17) is 0 Å². The number of rotatable bonds is 8. The molecule has 4 rings (SSSR count). The molecule has 0 atom stereocenters. The highest BCUT2D eigenvalue weighted by Crippen LogP contribution is 2.35. The molecule has 2 heterocycles. The predicted molar refractivity (Wildman–Crippen MR) is 138 cm³/mol. The fourth-order valence-electron chi connectivity index (χ4n) is 4.87. The van der Waals surface area contributed by atoms with Gasteiger partial charge in [0.25, 0.3) is 0 Å². The number of hydrogen-bond acceptors (Lipinski definition) is 6. The van der Waals surface area contributed by atoms with Gasteiger partial charge in [-0.2, -0.15) is 5.26 Å². The van der Waals surface area contributed by atoms with E-state index in [0.29, 0.717) is 11.0 Å². The van der Waals surface area contributed by atoms with Crippen LogP contribution in [0.1, 0.15) is 57.1 Å². The van der Waals surface area contributed by atoms with Crippen molar-refractivity contribution in [2.75, 3.05) is 12.8 Å². The summed E-state index contributed by atoms with van der Waals surface area (Å²) < 4.78 is 2.08. The molecule has 0 aliphatic heterocycles. The van der Waals surface area contributed by atoms with E-state index in [1.807, 2.05) is 12.1 Å². The van der Waals surface area contributed by atoms with Crippen LogP contribution in [-0.2, 0) is 17.6 Å². The number of nitriles is 1. The average Bonchev–Trinajstić information content (AvgIpc) is 3.34. The molecule has 0 spiro atoms. The van der Waals surface area contributed by atoms with Gasteiger partial charge < -0.3 is 4.90 Å². The zero-order chi connectivity index (χ0) is 24.8. The van der Waals surface area contributed by atoms with Gasteiger partial charge in [-0.25, -0.2) is 0 Å². The molecule has 3 aromatic rings. The minimum Gasteiger partial charge on any atom is -0.326 e. The third-order valence-electron chi connectivity index (χ3n) is 6.97. The van der Waals surface area contributed by atoms with Crippen LogP contribution in [0.3, 0.4) is 0 Å². The highest BCUT2D eigenvalue weighted by molar-refractivity contribution is 7.99. The Hall–Kier alpha value is -3.18. The Balaban J connectivity index is 1.70. The summed E-state index contributed by atoms with van der Waals surface area (Å²) in [6.07, 6.45) is 9.81. The number of thioether (sulfide) groups is 1. The largest absolute Gasteiger partial charge is 0.326 e. The number of amides is 1. The number of carbonyl (C=O) groups is 1. The van der Waals surface area contributed by atoms with E-state index in [1.54, 1.807) is 24.3 Å². The number of aromatic nitrogens is 4. The molecular weight excluding hydrogens is 456 g/mol. The van der Waals surface area contributed by atoms with Crippen LogP contribution in [-0.4, -0.2) is 48.9 Å². The summed E-state index contributed by atoms with van der Waals surface area (Å²) in [5.41, 5.74) is 3.64. The van der Waals surface area contributed by atoms with Crippen LogP contribution in [0.25, 0.3) is 17.1 Å². The van der Waals surface area contributed by atoms with Gasteiger partial charge in [0, 0.05) is 25.0 Å². The lowest BCUT2D eigenvalue weighted by Gasteiger charge is -2.39. The van der Waals surface area contributed by atoms with Crippen molar-refractivity contribution in [3.63, 3.8) is 0 Å². The predicted octanol–water partition coefficient (Wildman–Crippen LogP) is 5.23. The fourth-order valence-corrected chi connectivity index (χ4v) is 5.72. The Bertz CT molecular complexity index is 1190. The van der Waals surface area contributed by atoms with Crippen molar-refractivity contribution in [2.24, 2.45) is 0 Å². The van der Waals surface area contributed by atoms with Gasteiger partial charge in [0.15, 0.2) is 11.0 Å². The van der Waals surface area contributed by atoms with Gasteiger partial charge in [0.1, 0.15) is 5.54 Å². The van der Waals surface area contributed by atoms with Gasteiger partial charge in [-0.3, -0.25) is 14.3 Å². The van der Waals surface area contributed by atoms with Crippen LogP contribution in [0.2, 0.25) is 0 Å². The maximum Gasteiger partial charge on any atom is 0.234 e. The topological polar surface area (TPSA) is 87.7 Å². The fraction of sp³-hybridized carbons (Fsp3) is 0.444. The highest BCUT2D eigenvalue weighted by Gasteiger charge is 2.38. The van der Waals surface area contributed by atoms with E-state index >= 15 is 0 Å². The molecule has 7 nitrogen and oxygen atoms in total. The number of hydrogen-bond donors (Lipinski definition) is 0. The number of carbonyl (C=O) groups excluding carboxylic acids is 1. The lowest BCUT2D eigenvalue weighted by molar-refractivity contribution is -0.131. The Morgan fingerprint density at radius 1 is 1.11 bits per heavy atom. The smallest absolute Gasteiger partial charge is 0.234 e. The summed E-state index contributed by atoms with van der Waals surface area (Å²) >= 11 is 1.37. The molecule has 1 aliphatic rings. The molecule has 1 fully saturated rings. The number of aryl methyl sites for hydroxylation is 2. The summed E-state index contributed by atoms with van der Waals surface area (Å²) in [6.45, 7) is 4.28. The van der Waals surface area contributed by atoms with Gasteiger partial charge in [0.05, 0.1) is 17.5 Å². The van der Waals surface area contributed by atoms with Crippen molar-refractivity contribution in [3.8, 4) is 23.1 Å². The highest BCUT2D eigenvalue weighted by atomic mass is 32.2. The van der Waals surface area contributed by atoms with Gasteiger partial charge in [0.2, 0.25) is 5.91 Å². The molecule has 1 saturated carbocycles. The molecule has 0 bridgehead atoms. The van der Waals surface area contributed by atoms with E-state index in [-0.39, 0.29) is 11.7 Å². The van der Waals surface area contributed by atoms with E-state index in [2.05, 4.69) is 57.9 Å². The van der Waals surface area contributed by atoms with Crippen molar-refractivity contribution in [1.82, 2.24) is 24.6 Å². The first kappa shape index (κ1) is 24.9. The van der Waals surface area contributed by atoms with Crippen LogP contribution in [0.15, 0.2) is 47.9 Å². The Labute approximate surface area is 211 Å². The maximum atomic E-state index is 13.2. The SMILES string of the molecule is CCc1cccc(CC)c1-n1c(SCC(=O)N(C)C2(C#N)CCCCC2)nnc1-c1cccnc1. The van der Waals surface area contributed by atoms with Crippen molar-refractivity contribution in [3.05, 3.63) is 53.9 Å². The summed E-state index contributed by atoms with van der Waals surface area (Å²) in [5.74, 6) is 0.842. The van der Waals surface area contributed by atoms with Gasteiger partial charge in [-0.1, -0.05) is 63.1 Å². The lowest BCUT2D eigenvalue weighted by Crippen LogP contribution is -2.50. The van der Waals surface area contributed by atoms with Crippen LogP contribution in [0.4, 0.5) is 0 Å². The maximum absolute atomic E-state index is 13.2. The first-order valence-corrected chi connectivity index (χ1v) is 13.3. The molecule has 8 heteroatoms. The summed E-state index contributed by atoms with van der Waals surface area (Å²) in [6, 6.07) is 12.7. The Kier molecular flexibility index (Phi) is 7.86. The number of benzene rings is 1. The molecule has 35 heavy (non-hydrogen) atoms. The molecule has 0 unspecified atom stereocenters. The number of nitrogens with zero attached hydrogens (tertiary/aromatic N) is 6. The third-order valence-corrected chi connectivity index (χ3v) is 7.89. The zero-order valence-electron chi connectivity index (χ0n) is 20.7. The normalized spacial score (nSPS) is 14.9. The van der Waals surface area contributed by atoms with E-state index in [9.17, 15) is 10.1 Å². The van der Waals surface area contributed by atoms with Gasteiger partial charge >= 0.3 is 0 Å². The van der Waals surface area contributed by atoms with Crippen molar-refractivity contribution >= 4 is 17.7 Å². The Morgan fingerprint density at radius 3 is 2.43 bits per heavy atom. The quantitative estimate of drug-likeness (QED) is 0.404. The van der Waals surface area contributed by atoms with Crippen LogP contribution >= 0.6 is 11.8 Å². The lowest BCUT2D eigenvalue weighted by atomic mass is 9.81. The Morgan fingerprint density at radius 2 is 1.83 bits per heavy atom. The number of pyridine rings is 1. The second-order valence-corrected chi connectivity index (χ2v) is 9.90. The first-order chi connectivity index (χ1) is 17.0. The van der Waals surface area contributed by atoms with Crippen molar-refractivity contribution in [1.29, 1.82) is 5.26 Å². The molecule has 0 saturated heterocycles. The monoisotopic (exact) mass is 488 g/mol. The van der Waals surface area contributed by atoms with Gasteiger partial charge in [-0.05, 0) is 48.9 Å². The summed E-state index contributed by atoms with van der Waals surface area (Å²) in [5, 5.41) is 19.6. The molecule has 0 radical (unpaired) electrons. The van der Waals surface area contributed by atoms with E-state index in [0.717, 1.165) is 56.2 Å².